The van der Waals surface area contributed by atoms with Crippen molar-refractivity contribution in [3.63, 3.8) is 0 Å². The number of aromatic nitrogens is 2. The van der Waals surface area contributed by atoms with E-state index in [1.807, 2.05) is 0 Å². The van der Waals surface area contributed by atoms with Crippen LogP contribution >= 0.6 is 0 Å². The van der Waals surface area contributed by atoms with Crippen molar-refractivity contribution in [3.8, 4) is 11.5 Å². The minimum absolute atomic E-state index is 0.0263. The second-order valence-corrected chi connectivity index (χ2v) is 7.58. The van der Waals surface area contributed by atoms with Crippen molar-refractivity contribution in [3.05, 3.63) is 80.4 Å². The Labute approximate surface area is 183 Å². The van der Waals surface area contributed by atoms with Crippen LogP contribution in [0.15, 0.2) is 68.3 Å². The van der Waals surface area contributed by atoms with Crippen LogP contribution in [0, 0.1) is 0 Å². The zero-order valence-corrected chi connectivity index (χ0v) is 18.1. The van der Waals surface area contributed by atoms with E-state index >= 15 is 0 Å². The molecule has 0 bridgehead atoms. The molecule has 0 aliphatic heterocycles. The standard InChI is InChI=1S/C24H22N4O4/c1-13(19-21(29)15-9-5-7-11-17(15)27(3)23(19)31)25-26-14(2)20-22(30)16-10-6-8-12-18(16)28(4)24(20)32/h5-12,29-30H,1-4H3/b25-13+,26-14+. The van der Waals surface area contributed by atoms with Crippen LogP contribution in [0.2, 0.25) is 0 Å². The Kier molecular flexibility index (Phi) is 5.14. The van der Waals surface area contributed by atoms with Crippen molar-refractivity contribution in [2.45, 2.75) is 13.8 Å². The van der Waals surface area contributed by atoms with Crippen LogP contribution in [0.25, 0.3) is 21.8 Å². The zero-order valence-electron chi connectivity index (χ0n) is 18.1. The fraction of sp³-hybridized carbons (Fsp3) is 0.167. The number of hydrogen-bond donors (Lipinski definition) is 2. The van der Waals surface area contributed by atoms with Crippen LogP contribution in [0.4, 0.5) is 0 Å². The Morgan fingerprint density at radius 3 is 1.41 bits per heavy atom. The SMILES string of the molecule is C/C(=N\N=C(/C)c1c(O)c2ccccc2n(C)c1=O)c1c(O)c2ccccc2n(C)c1=O. The van der Waals surface area contributed by atoms with E-state index in [9.17, 15) is 19.8 Å². The summed E-state index contributed by atoms with van der Waals surface area (Å²) in [6, 6.07) is 14.0. The van der Waals surface area contributed by atoms with Crippen LogP contribution in [-0.2, 0) is 14.1 Å². The molecular formula is C24H22N4O4. The van der Waals surface area contributed by atoms with Crippen LogP contribution in [0.3, 0.4) is 0 Å². The van der Waals surface area contributed by atoms with E-state index in [1.54, 1.807) is 76.5 Å². The van der Waals surface area contributed by atoms with Gasteiger partial charge in [0.25, 0.3) is 11.1 Å². The highest BCUT2D eigenvalue weighted by Gasteiger charge is 2.19. The number of rotatable bonds is 3. The molecule has 0 spiro atoms. The van der Waals surface area contributed by atoms with Crippen molar-refractivity contribution in [1.82, 2.24) is 9.13 Å². The summed E-state index contributed by atoms with van der Waals surface area (Å²) in [5, 5.41) is 30.7. The highest BCUT2D eigenvalue weighted by Crippen LogP contribution is 2.27. The lowest BCUT2D eigenvalue weighted by Crippen LogP contribution is -2.25. The van der Waals surface area contributed by atoms with Crippen molar-refractivity contribution < 1.29 is 10.2 Å². The molecule has 0 unspecified atom stereocenters. The maximum Gasteiger partial charge on any atom is 0.263 e. The number of aromatic hydroxyl groups is 2. The predicted octanol–water partition coefficient (Wildman–Crippen LogP) is 3.03. The molecule has 0 aliphatic rings. The van der Waals surface area contributed by atoms with Gasteiger partial charge in [-0.25, -0.2) is 0 Å². The van der Waals surface area contributed by atoms with Crippen LogP contribution in [0.1, 0.15) is 25.0 Å². The third-order valence-electron chi connectivity index (χ3n) is 5.63. The van der Waals surface area contributed by atoms with Gasteiger partial charge in [-0.15, -0.1) is 0 Å². The van der Waals surface area contributed by atoms with Gasteiger partial charge in [-0.05, 0) is 38.1 Å². The lowest BCUT2D eigenvalue weighted by Gasteiger charge is -2.12. The molecule has 2 aromatic heterocycles. The molecule has 2 N–H and O–H groups in total. The summed E-state index contributed by atoms with van der Waals surface area (Å²) in [6.45, 7) is 3.11. The number of hydrogen-bond acceptors (Lipinski definition) is 6. The zero-order chi connectivity index (χ0) is 23.2. The van der Waals surface area contributed by atoms with E-state index in [-0.39, 0.29) is 34.0 Å². The largest absolute Gasteiger partial charge is 0.506 e. The maximum atomic E-state index is 12.8. The van der Waals surface area contributed by atoms with E-state index in [0.717, 1.165) is 0 Å². The average Bonchev–Trinajstić information content (AvgIpc) is 2.80. The summed E-state index contributed by atoms with van der Waals surface area (Å²) in [6.07, 6.45) is 0. The quantitative estimate of drug-likeness (QED) is 0.385. The summed E-state index contributed by atoms with van der Waals surface area (Å²) in [4.78, 5) is 25.7. The molecule has 8 nitrogen and oxygen atoms in total. The summed E-state index contributed by atoms with van der Waals surface area (Å²) < 4.78 is 2.87. The van der Waals surface area contributed by atoms with Crippen LogP contribution in [-0.4, -0.2) is 30.8 Å². The number of nitrogens with zero attached hydrogens (tertiary/aromatic N) is 4. The first-order valence-corrected chi connectivity index (χ1v) is 9.95. The summed E-state index contributed by atoms with van der Waals surface area (Å²) in [5.74, 6) is -0.357. The second kappa shape index (κ2) is 7.81. The van der Waals surface area contributed by atoms with Gasteiger partial charge in [0.2, 0.25) is 0 Å². The molecular weight excluding hydrogens is 408 g/mol. The number of para-hydroxylation sites is 2. The van der Waals surface area contributed by atoms with Crippen molar-refractivity contribution in [2.24, 2.45) is 24.3 Å². The number of aryl methyl sites for hydroxylation is 2. The molecule has 0 fully saturated rings. The molecule has 2 heterocycles. The van der Waals surface area contributed by atoms with E-state index in [2.05, 4.69) is 10.2 Å². The predicted molar refractivity (Wildman–Crippen MR) is 126 cm³/mol. The van der Waals surface area contributed by atoms with Gasteiger partial charge in [0.15, 0.2) is 0 Å². The number of fused-ring (bicyclic) bond motifs is 2. The molecule has 0 radical (unpaired) electrons. The molecule has 8 heteroatoms. The highest BCUT2D eigenvalue weighted by atomic mass is 16.3. The van der Waals surface area contributed by atoms with Gasteiger partial charge in [0.05, 0.1) is 22.5 Å². The van der Waals surface area contributed by atoms with Gasteiger partial charge in [0, 0.05) is 24.9 Å². The van der Waals surface area contributed by atoms with Gasteiger partial charge in [-0.2, -0.15) is 10.2 Å². The Balaban J connectivity index is 1.88. The smallest absolute Gasteiger partial charge is 0.263 e. The summed E-state index contributed by atoms with van der Waals surface area (Å²) in [7, 11) is 3.23. The third-order valence-corrected chi connectivity index (χ3v) is 5.63. The van der Waals surface area contributed by atoms with Crippen molar-refractivity contribution in [1.29, 1.82) is 0 Å². The number of benzene rings is 2. The average molecular weight is 430 g/mol. The minimum Gasteiger partial charge on any atom is -0.506 e. The van der Waals surface area contributed by atoms with Crippen LogP contribution < -0.4 is 11.1 Å². The highest BCUT2D eigenvalue weighted by molar-refractivity contribution is 6.07. The van der Waals surface area contributed by atoms with Gasteiger partial charge in [0.1, 0.15) is 22.6 Å². The van der Waals surface area contributed by atoms with Gasteiger partial charge in [-0.3, -0.25) is 9.59 Å². The van der Waals surface area contributed by atoms with E-state index < -0.39 is 11.1 Å². The van der Waals surface area contributed by atoms with Crippen molar-refractivity contribution in [2.75, 3.05) is 0 Å². The molecule has 0 saturated carbocycles. The normalized spacial score (nSPS) is 12.6. The van der Waals surface area contributed by atoms with Gasteiger partial charge >= 0.3 is 0 Å². The molecule has 32 heavy (non-hydrogen) atoms. The molecule has 0 aliphatic carbocycles. The second-order valence-electron chi connectivity index (χ2n) is 7.58. The Morgan fingerprint density at radius 1 is 0.688 bits per heavy atom. The third kappa shape index (κ3) is 3.17. The summed E-state index contributed by atoms with van der Waals surface area (Å²) >= 11 is 0. The molecule has 4 rings (SSSR count). The monoisotopic (exact) mass is 430 g/mol. The maximum absolute atomic E-state index is 12.8. The van der Waals surface area contributed by atoms with Crippen molar-refractivity contribution >= 4 is 33.2 Å². The van der Waals surface area contributed by atoms with Gasteiger partial charge in [-0.1, -0.05) is 24.3 Å². The molecule has 0 amide bonds. The first-order valence-electron chi connectivity index (χ1n) is 9.95. The number of pyridine rings is 2. The minimum atomic E-state index is -0.417. The van der Waals surface area contributed by atoms with Gasteiger partial charge < -0.3 is 19.3 Å². The molecule has 4 aromatic rings. The fourth-order valence-electron chi connectivity index (χ4n) is 3.86. The Morgan fingerprint density at radius 2 is 1.03 bits per heavy atom. The summed E-state index contributed by atoms with van der Waals surface area (Å²) in [5.41, 5.74) is 0.776. The van der Waals surface area contributed by atoms with E-state index in [4.69, 9.17) is 0 Å². The molecule has 2 aromatic carbocycles. The first-order chi connectivity index (χ1) is 15.2. The fourth-order valence-corrected chi connectivity index (χ4v) is 3.86. The first kappa shape index (κ1) is 21.0. The topological polar surface area (TPSA) is 109 Å². The Bertz CT molecular complexity index is 1460. The molecule has 162 valence electrons. The molecule has 0 saturated heterocycles. The Hall–Kier alpha value is -4.20. The van der Waals surface area contributed by atoms with Crippen LogP contribution in [0.5, 0.6) is 11.5 Å². The van der Waals surface area contributed by atoms with E-state index in [1.165, 1.54) is 9.13 Å². The lowest BCUT2D eigenvalue weighted by atomic mass is 10.1. The lowest BCUT2D eigenvalue weighted by molar-refractivity contribution is 0.477. The molecule has 0 atom stereocenters. The van der Waals surface area contributed by atoms with E-state index in [0.29, 0.717) is 21.8 Å².